The smallest absolute Gasteiger partial charge is 0.325 e. The van der Waals surface area contributed by atoms with Crippen LogP contribution in [0.2, 0.25) is 0 Å². The Bertz CT molecular complexity index is 1050. The molecule has 0 aliphatic carbocycles. The molecule has 0 saturated carbocycles. The molecule has 3 rings (SSSR count). The molecule has 0 aliphatic heterocycles. The van der Waals surface area contributed by atoms with Gasteiger partial charge in [0, 0.05) is 13.1 Å². The van der Waals surface area contributed by atoms with Gasteiger partial charge < -0.3 is 4.57 Å². The van der Waals surface area contributed by atoms with E-state index in [1.165, 1.54) is 14.7 Å². The summed E-state index contributed by atoms with van der Waals surface area (Å²) in [7, 11) is 0. The molecule has 3 aromatic rings. The maximum atomic E-state index is 13.0. The Morgan fingerprint density at radius 2 is 1.88 bits per heavy atom. The first kappa shape index (κ1) is 17.9. The lowest BCUT2D eigenvalue weighted by Gasteiger charge is -2.13. The molecule has 0 radical (unpaired) electrons. The summed E-state index contributed by atoms with van der Waals surface area (Å²) >= 11 is 0. The lowest BCUT2D eigenvalue weighted by molar-refractivity contribution is 0.669. The molecule has 1 aromatic carbocycles. The van der Waals surface area contributed by atoms with Gasteiger partial charge in [-0.3, -0.25) is 9.36 Å². The summed E-state index contributed by atoms with van der Waals surface area (Å²) < 4.78 is 4.53. The Labute approximate surface area is 152 Å². The Morgan fingerprint density at radius 3 is 2.46 bits per heavy atom. The van der Waals surface area contributed by atoms with E-state index in [0.29, 0.717) is 29.3 Å². The molecule has 6 heteroatoms. The van der Waals surface area contributed by atoms with Gasteiger partial charge in [-0.2, -0.15) is 0 Å². The van der Waals surface area contributed by atoms with Gasteiger partial charge in [0.15, 0.2) is 11.2 Å². The Morgan fingerprint density at radius 1 is 1.19 bits per heavy atom. The number of allylic oxidation sites excluding steroid dienone is 1. The number of aromatic nitrogens is 4. The number of hydrogen-bond donors (Lipinski definition) is 0. The van der Waals surface area contributed by atoms with E-state index in [1.807, 2.05) is 35.8 Å². The third-order valence-electron chi connectivity index (χ3n) is 4.49. The average Bonchev–Trinajstić information content (AvgIpc) is 3.03. The van der Waals surface area contributed by atoms with E-state index < -0.39 is 5.69 Å². The molecule has 26 heavy (non-hydrogen) atoms. The predicted octanol–water partition coefficient (Wildman–Crippen LogP) is 3.07. The van der Waals surface area contributed by atoms with Crippen molar-refractivity contribution in [1.82, 2.24) is 18.7 Å². The highest BCUT2D eigenvalue weighted by atomic mass is 16.2. The standard InChI is InChI=1S/C20H24N4O2/c1-5-11-22-13-21-18-17(22)19(25)23(12-6-2)20(26)24(18)16-9-7-15(8-10-16)14(3)4/h6-10,13-14H,2,5,11-12H2,1,3-4H3. The van der Waals surface area contributed by atoms with Crippen LogP contribution in [0.3, 0.4) is 0 Å². The van der Waals surface area contributed by atoms with Gasteiger partial charge in [0.2, 0.25) is 0 Å². The Kier molecular flexibility index (Phi) is 4.93. The SMILES string of the molecule is C=CCn1c(=O)c2c(ncn2CCC)n(-c2ccc(C(C)C)cc2)c1=O. The van der Waals surface area contributed by atoms with Crippen LogP contribution >= 0.6 is 0 Å². The molecule has 0 N–H and O–H groups in total. The summed E-state index contributed by atoms with van der Waals surface area (Å²) in [6.07, 6.45) is 4.06. The molecule has 0 spiro atoms. The van der Waals surface area contributed by atoms with Crippen molar-refractivity contribution in [2.45, 2.75) is 46.2 Å². The van der Waals surface area contributed by atoms with Gasteiger partial charge in [0.05, 0.1) is 12.0 Å². The van der Waals surface area contributed by atoms with Crippen molar-refractivity contribution in [2.75, 3.05) is 0 Å². The first-order chi connectivity index (χ1) is 12.5. The van der Waals surface area contributed by atoms with Crippen LogP contribution in [0.15, 0.2) is 52.8 Å². The van der Waals surface area contributed by atoms with Crippen molar-refractivity contribution in [3.63, 3.8) is 0 Å². The van der Waals surface area contributed by atoms with Crippen LogP contribution < -0.4 is 11.2 Å². The van der Waals surface area contributed by atoms with Gasteiger partial charge in [-0.05, 0) is 30.0 Å². The lowest BCUT2D eigenvalue weighted by Crippen LogP contribution is -2.39. The summed E-state index contributed by atoms with van der Waals surface area (Å²) in [6, 6.07) is 7.81. The average molecular weight is 352 g/mol. The molecule has 0 aliphatic rings. The molecule has 2 aromatic heterocycles. The first-order valence-electron chi connectivity index (χ1n) is 8.91. The minimum absolute atomic E-state index is 0.162. The Hall–Kier alpha value is -2.89. The summed E-state index contributed by atoms with van der Waals surface area (Å²) in [5.74, 6) is 0.402. The highest BCUT2D eigenvalue weighted by molar-refractivity contribution is 5.72. The van der Waals surface area contributed by atoms with Crippen LogP contribution in [0.4, 0.5) is 0 Å². The maximum absolute atomic E-state index is 13.0. The molecular weight excluding hydrogens is 328 g/mol. The van der Waals surface area contributed by atoms with E-state index in [2.05, 4.69) is 25.4 Å². The third-order valence-corrected chi connectivity index (χ3v) is 4.49. The van der Waals surface area contributed by atoms with E-state index in [1.54, 1.807) is 12.4 Å². The molecular formula is C20H24N4O2. The van der Waals surface area contributed by atoms with Crippen molar-refractivity contribution in [3.8, 4) is 5.69 Å². The second-order valence-corrected chi connectivity index (χ2v) is 6.68. The fraction of sp³-hybridized carbons (Fsp3) is 0.350. The van der Waals surface area contributed by atoms with E-state index in [0.717, 1.165) is 6.42 Å². The fourth-order valence-corrected chi connectivity index (χ4v) is 3.12. The van der Waals surface area contributed by atoms with E-state index in [9.17, 15) is 9.59 Å². The quantitative estimate of drug-likeness (QED) is 0.641. The summed E-state index contributed by atoms with van der Waals surface area (Å²) in [5, 5.41) is 0. The van der Waals surface area contributed by atoms with Crippen molar-refractivity contribution in [1.29, 1.82) is 0 Å². The zero-order chi connectivity index (χ0) is 18.8. The predicted molar refractivity (Wildman–Crippen MR) is 104 cm³/mol. The Balaban J connectivity index is 2.35. The topological polar surface area (TPSA) is 61.8 Å². The van der Waals surface area contributed by atoms with Crippen LogP contribution in [-0.4, -0.2) is 18.7 Å². The van der Waals surface area contributed by atoms with E-state index in [-0.39, 0.29) is 12.1 Å². The third kappa shape index (κ3) is 2.92. The highest BCUT2D eigenvalue weighted by Gasteiger charge is 2.18. The van der Waals surface area contributed by atoms with Gasteiger partial charge in [-0.15, -0.1) is 6.58 Å². The highest BCUT2D eigenvalue weighted by Crippen LogP contribution is 2.18. The normalized spacial score (nSPS) is 11.4. The van der Waals surface area contributed by atoms with Gasteiger partial charge in [0.25, 0.3) is 5.56 Å². The number of imidazole rings is 1. The first-order valence-corrected chi connectivity index (χ1v) is 8.91. The number of rotatable bonds is 6. The van der Waals surface area contributed by atoms with Gasteiger partial charge >= 0.3 is 5.69 Å². The van der Waals surface area contributed by atoms with Gasteiger partial charge in [0.1, 0.15) is 0 Å². The number of aryl methyl sites for hydroxylation is 1. The number of nitrogens with zero attached hydrogens (tertiary/aromatic N) is 4. The van der Waals surface area contributed by atoms with Crippen LogP contribution in [0, 0.1) is 0 Å². The van der Waals surface area contributed by atoms with E-state index >= 15 is 0 Å². The van der Waals surface area contributed by atoms with Crippen LogP contribution in [0.1, 0.15) is 38.7 Å². The largest absolute Gasteiger partial charge is 0.337 e. The molecule has 0 bridgehead atoms. The van der Waals surface area contributed by atoms with Gasteiger partial charge in [-0.25, -0.2) is 14.3 Å². The second-order valence-electron chi connectivity index (χ2n) is 6.68. The summed E-state index contributed by atoms with van der Waals surface area (Å²) in [4.78, 5) is 30.3. The minimum atomic E-state index is -0.401. The molecule has 0 unspecified atom stereocenters. The number of hydrogen-bond acceptors (Lipinski definition) is 3. The van der Waals surface area contributed by atoms with Gasteiger partial charge in [-0.1, -0.05) is 39.0 Å². The molecule has 136 valence electrons. The lowest BCUT2D eigenvalue weighted by atomic mass is 10.0. The molecule has 0 saturated heterocycles. The van der Waals surface area contributed by atoms with Crippen molar-refractivity contribution >= 4 is 11.2 Å². The van der Waals surface area contributed by atoms with Crippen molar-refractivity contribution in [2.24, 2.45) is 0 Å². The molecule has 2 heterocycles. The second kappa shape index (κ2) is 7.15. The molecule has 0 amide bonds. The molecule has 0 atom stereocenters. The van der Waals surface area contributed by atoms with Crippen LogP contribution in [-0.2, 0) is 13.1 Å². The van der Waals surface area contributed by atoms with Crippen molar-refractivity contribution < 1.29 is 0 Å². The minimum Gasteiger partial charge on any atom is -0.325 e. The van der Waals surface area contributed by atoms with Crippen molar-refractivity contribution in [3.05, 3.63) is 69.6 Å². The molecule has 6 nitrogen and oxygen atoms in total. The van der Waals surface area contributed by atoms with E-state index in [4.69, 9.17) is 0 Å². The molecule has 0 fully saturated rings. The zero-order valence-electron chi connectivity index (χ0n) is 15.5. The summed E-state index contributed by atoms with van der Waals surface area (Å²) in [6.45, 7) is 10.8. The van der Waals surface area contributed by atoms with Crippen LogP contribution in [0.25, 0.3) is 16.9 Å². The number of benzene rings is 1. The zero-order valence-corrected chi connectivity index (χ0v) is 15.5. The maximum Gasteiger partial charge on any atom is 0.337 e. The fourth-order valence-electron chi connectivity index (χ4n) is 3.12. The summed E-state index contributed by atoms with van der Waals surface area (Å²) in [5.41, 5.74) is 2.00. The monoisotopic (exact) mass is 352 g/mol. The van der Waals surface area contributed by atoms with Crippen LogP contribution in [0.5, 0.6) is 0 Å². The number of fused-ring (bicyclic) bond motifs is 1.